The monoisotopic (exact) mass is 171 g/mol. The topological polar surface area (TPSA) is 35.2 Å². The van der Waals surface area contributed by atoms with Crippen molar-refractivity contribution >= 4 is 17.3 Å². The van der Waals surface area contributed by atoms with Crippen LogP contribution in [-0.2, 0) is 0 Å². The Labute approximate surface area is 70.9 Å². The van der Waals surface area contributed by atoms with Gasteiger partial charge in [0.25, 0.3) is 0 Å². The fourth-order valence-electron chi connectivity index (χ4n) is 0.825. The zero-order valence-electron chi connectivity index (χ0n) is 6.52. The molecule has 0 radical (unpaired) electrons. The van der Waals surface area contributed by atoms with Crippen molar-refractivity contribution in [2.75, 3.05) is 12.8 Å². The number of methoxy groups -OCH3 is 1. The first-order chi connectivity index (χ1) is 5.15. The molecule has 11 heavy (non-hydrogen) atoms. The van der Waals surface area contributed by atoms with E-state index in [-0.39, 0.29) is 0 Å². The summed E-state index contributed by atoms with van der Waals surface area (Å²) >= 11 is 5.82. The molecule has 2 N–H and O–H groups in total. The van der Waals surface area contributed by atoms with Crippen molar-refractivity contribution in [3.8, 4) is 5.75 Å². The van der Waals surface area contributed by atoms with E-state index in [2.05, 4.69) is 0 Å². The average Bonchev–Trinajstić information content (AvgIpc) is 1.97. The Kier molecular flexibility index (Phi) is 2.25. The Balaban J connectivity index is 3.21. The Morgan fingerprint density at radius 2 is 2.09 bits per heavy atom. The molecule has 0 aliphatic heterocycles. The molecule has 0 saturated carbocycles. The quantitative estimate of drug-likeness (QED) is 0.658. The lowest BCUT2D eigenvalue weighted by Gasteiger charge is -2.05. The third kappa shape index (κ3) is 1.57. The molecule has 0 amide bonds. The van der Waals surface area contributed by atoms with E-state index in [1.54, 1.807) is 19.2 Å². The molecular weight excluding hydrogens is 162 g/mol. The van der Waals surface area contributed by atoms with Gasteiger partial charge in [0, 0.05) is 11.8 Å². The first-order valence-electron chi connectivity index (χ1n) is 3.24. The number of anilines is 1. The number of rotatable bonds is 1. The lowest BCUT2D eigenvalue weighted by molar-refractivity contribution is 0.415. The van der Waals surface area contributed by atoms with Gasteiger partial charge in [-0.15, -0.1) is 0 Å². The fourth-order valence-corrected chi connectivity index (χ4v) is 1.12. The summed E-state index contributed by atoms with van der Waals surface area (Å²) in [4.78, 5) is 0. The molecule has 0 aromatic heterocycles. The first-order valence-corrected chi connectivity index (χ1v) is 3.62. The van der Waals surface area contributed by atoms with Crippen LogP contribution in [0.2, 0.25) is 5.02 Å². The number of benzene rings is 1. The van der Waals surface area contributed by atoms with Crippen LogP contribution in [0.3, 0.4) is 0 Å². The number of hydrogen-bond donors (Lipinski definition) is 1. The average molecular weight is 172 g/mol. The summed E-state index contributed by atoms with van der Waals surface area (Å²) in [5, 5.41) is 0.596. The van der Waals surface area contributed by atoms with E-state index in [1.165, 1.54) is 0 Å². The summed E-state index contributed by atoms with van der Waals surface area (Å²) < 4.78 is 4.97. The van der Waals surface area contributed by atoms with E-state index >= 15 is 0 Å². The first kappa shape index (κ1) is 8.21. The van der Waals surface area contributed by atoms with E-state index in [1.807, 2.05) is 6.92 Å². The normalized spacial score (nSPS) is 9.73. The molecule has 60 valence electrons. The lowest BCUT2D eigenvalue weighted by Crippen LogP contribution is -1.92. The number of ether oxygens (including phenoxy) is 1. The van der Waals surface area contributed by atoms with Gasteiger partial charge in [-0.3, -0.25) is 0 Å². The maximum atomic E-state index is 5.82. The number of nitrogens with two attached hydrogens (primary N) is 1. The summed E-state index contributed by atoms with van der Waals surface area (Å²) in [6.07, 6.45) is 0. The Morgan fingerprint density at radius 3 is 2.64 bits per heavy atom. The smallest absolute Gasteiger partial charge is 0.139 e. The third-order valence-corrected chi connectivity index (χ3v) is 1.84. The third-order valence-electron chi connectivity index (χ3n) is 1.54. The van der Waals surface area contributed by atoms with Gasteiger partial charge in [-0.25, -0.2) is 0 Å². The predicted molar refractivity (Wildman–Crippen MR) is 47.2 cm³/mol. The maximum absolute atomic E-state index is 5.82. The van der Waals surface area contributed by atoms with E-state index in [9.17, 15) is 0 Å². The molecule has 0 heterocycles. The van der Waals surface area contributed by atoms with Gasteiger partial charge in [-0.05, 0) is 18.6 Å². The van der Waals surface area contributed by atoms with Crippen LogP contribution in [0.5, 0.6) is 5.75 Å². The van der Waals surface area contributed by atoms with Crippen molar-refractivity contribution in [1.29, 1.82) is 0 Å². The molecule has 1 rings (SSSR count). The second kappa shape index (κ2) is 3.01. The Bertz CT molecular complexity index is 273. The molecule has 1 aromatic rings. The SMILES string of the molecule is COc1cc(N)c(C)cc1Cl. The van der Waals surface area contributed by atoms with Crippen LogP contribution >= 0.6 is 11.6 Å². The molecule has 0 aliphatic rings. The lowest BCUT2D eigenvalue weighted by atomic mass is 10.2. The molecule has 2 nitrogen and oxygen atoms in total. The van der Waals surface area contributed by atoms with E-state index in [0.29, 0.717) is 16.5 Å². The minimum absolute atomic E-state index is 0.596. The van der Waals surface area contributed by atoms with E-state index in [0.717, 1.165) is 5.56 Å². The van der Waals surface area contributed by atoms with Crippen LogP contribution in [0.25, 0.3) is 0 Å². The molecule has 1 aromatic carbocycles. The number of nitrogen functional groups attached to an aromatic ring is 1. The molecule has 3 heteroatoms. The van der Waals surface area contributed by atoms with E-state index < -0.39 is 0 Å². The van der Waals surface area contributed by atoms with Gasteiger partial charge in [-0.2, -0.15) is 0 Å². The zero-order chi connectivity index (χ0) is 8.43. The minimum atomic E-state index is 0.596. The number of hydrogen-bond acceptors (Lipinski definition) is 2. The number of halogens is 1. The standard InChI is InChI=1S/C8H10ClNO/c1-5-3-6(9)8(11-2)4-7(5)10/h3-4H,10H2,1-2H3. The largest absolute Gasteiger partial charge is 0.495 e. The van der Waals surface area contributed by atoms with Crippen LogP contribution in [-0.4, -0.2) is 7.11 Å². The second-order valence-electron chi connectivity index (χ2n) is 2.34. The van der Waals surface area contributed by atoms with Gasteiger partial charge in [0.1, 0.15) is 5.75 Å². The summed E-state index contributed by atoms with van der Waals surface area (Å²) in [6.45, 7) is 1.90. The van der Waals surface area contributed by atoms with Gasteiger partial charge in [-0.1, -0.05) is 11.6 Å². The molecular formula is C8H10ClNO. The summed E-state index contributed by atoms with van der Waals surface area (Å²) in [5.74, 6) is 0.620. The minimum Gasteiger partial charge on any atom is -0.495 e. The van der Waals surface area contributed by atoms with E-state index in [4.69, 9.17) is 22.1 Å². The van der Waals surface area contributed by atoms with Gasteiger partial charge in [0.15, 0.2) is 0 Å². The zero-order valence-corrected chi connectivity index (χ0v) is 7.27. The highest BCUT2D eigenvalue weighted by molar-refractivity contribution is 6.32. The molecule has 0 fully saturated rings. The van der Waals surface area contributed by atoms with Crippen LogP contribution in [0.4, 0.5) is 5.69 Å². The predicted octanol–water partition coefficient (Wildman–Crippen LogP) is 2.24. The van der Waals surface area contributed by atoms with Gasteiger partial charge in [0.05, 0.1) is 12.1 Å². The van der Waals surface area contributed by atoms with Gasteiger partial charge >= 0.3 is 0 Å². The van der Waals surface area contributed by atoms with Crippen molar-refractivity contribution in [3.63, 3.8) is 0 Å². The summed E-state index contributed by atoms with van der Waals surface area (Å²) in [5.41, 5.74) is 7.30. The van der Waals surface area contributed by atoms with Crippen LogP contribution in [0.15, 0.2) is 12.1 Å². The number of aryl methyl sites for hydroxylation is 1. The van der Waals surface area contributed by atoms with Crippen molar-refractivity contribution in [2.24, 2.45) is 0 Å². The van der Waals surface area contributed by atoms with Crippen molar-refractivity contribution in [2.45, 2.75) is 6.92 Å². The highest BCUT2D eigenvalue weighted by Gasteiger charge is 2.02. The molecule has 0 saturated heterocycles. The van der Waals surface area contributed by atoms with Crippen LogP contribution < -0.4 is 10.5 Å². The Hall–Kier alpha value is -0.890. The Morgan fingerprint density at radius 1 is 1.45 bits per heavy atom. The summed E-state index contributed by atoms with van der Waals surface area (Å²) in [6, 6.07) is 3.51. The van der Waals surface area contributed by atoms with Crippen molar-refractivity contribution in [1.82, 2.24) is 0 Å². The second-order valence-corrected chi connectivity index (χ2v) is 2.75. The maximum Gasteiger partial charge on any atom is 0.139 e. The molecule has 0 unspecified atom stereocenters. The molecule has 0 bridgehead atoms. The highest BCUT2D eigenvalue weighted by Crippen LogP contribution is 2.28. The van der Waals surface area contributed by atoms with Crippen LogP contribution in [0, 0.1) is 6.92 Å². The van der Waals surface area contributed by atoms with Crippen LogP contribution in [0.1, 0.15) is 5.56 Å². The summed E-state index contributed by atoms with van der Waals surface area (Å²) in [7, 11) is 1.57. The van der Waals surface area contributed by atoms with Crippen molar-refractivity contribution in [3.05, 3.63) is 22.7 Å². The molecule has 0 spiro atoms. The molecule has 0 atom stereocenters. The van der Waals surface area contributed by atoms with Gasteiger partial charge < -0.3 is 10.5 Å². The molecule has 0 aliphatic carbocycles. The highest BCUT2D eigenvalue weighted by atomic mass is 35.5. The van der Waals surface area contributed by atoms with Gasteiger partial charge in [0.2, 0.25) is 0 Å². The fraction of sp³-hybridized carbons (Fsp3) is 0.250. The van der Waals surface area contributed by atoms with Crippen molar-refractivity contribution < 1.29 is 4.74 Å².